The molecule has 0 amide bonds. The van der Waals surface area contributed by atoms with Crippen molar-refractivity contribution in [3.8, 4) is 11.4 Å². The molecule has 1 aromatic heterocycles. The van der Waals surface area contributed by atoms with Crippen molar-refractivity contribution in [1.82, 2.24) is 9.97 Å². The summed E-state index contributed by atoms with van der Waals surface area (Å²) in [6.45, 7) is 0. The van der Waals surface area contributed by atoms with Crippen molar-refractivity contribution in [2.24, 2.45) is 0 Å². The molecule has 0 fully saturated rings. The molecule has 0 unspecified atom stereocenters. The van der Waals surface area contributed by atoms with Gasteiger partial charge in [0.05, 0.1) is 5.52 Å². The Balaban J connectivity index is 2.27. The molecule has 4 nitrogen and oxygen atoms in total. The topological polar surface area (TPSA) is 63.1 Å². The minimum absolute atomic E-state index is 0.000509. The van der Waals surface area contributed by atoms with Crippen LogP contribution in [0.1, 0.15) is 10.5 Å². The normalized spacial score (nSPS) is 10.7. The zero-order valence-electron chi connectivity index (χ0n) is 10.2. The van der Waals surface area contributed by atoms with Crippen LogP contribution in [0, 0.1) is 0 Å². The first kappa shape index (κ1) is 12.6. The number of carbonyl (C=O) groups is 1. The molecule has 0 aliphatic heterocycles. The SMILES string of the molecule is O=C(O)c1nc(-c2ccc(Cl)cc2)nc2ccccc12. The molecule has 0 aliphatic carbocycles. The smallest absolute Gasteiger partial charge is 0.355 e. The number of nitrogens with zero attached hydrogens (tertiary/aromatic N) is 2. The van der Waals surface area contributed by atoms with Crippen molar-refractivity contribution >= 4 is 28.5 Å². The van der Waals surface area contributed by atoms with E-state index in [4.69, 9.17) is 11.6 Å². The van der Waals surface area contributed by atoms with Crippen molar-refractivity contribution in [2.75, 3.05) is 0 Å². The van der Waals surface area contributed by atoms with Gasteiger partial charge in [-0.3, -0.25) is 0 Å². The Morgan fingerprint density at radius 2 is 1.70 bits per heavy atom. The van der Waals surface area contributed by atoms with Crippen LogP contribution in [0.2, 0.25) is 5.02 Å². The molecule has 0 radical (unpaired) electrons. The van der Waals surface area contributed by atoms with E-state index in [1.165, 1.54) is 0 Å². The number of benzene rings is 2. The Morgan fingerprint density at radius 1 is 1.00 bits per heavy atom. The van der Waals surface area contributed by atoms with Crippen LogP contribution in [0.4, 0.5) is 0 Å². The molecule has 0 saturated carbocycles. The number of rotatable bonds is 2. The number of para-hydroxylation sites is 1. The van der Waals surface area contributed by atoms with E-state index in [0.717, 1.165) is 5.56 Å². The molecule has 5 heteroatoms. The average molecular weight is 285 g/mol. The lowest BCUT2D eigenvalue weighted by Crippen LogP contribution is -2.04. The molecule has 20 heavy (non-hydrogen) atoms. The number of hydrogen-bond acceptors (Lipinski definition) is 3. The minimum atomic E-state index is -1.07. The van der Waals surface area contributed by atoms with Crippen molar-refractivity contribution in [1.29, 1.82) is 0 Å². The largest absolute Gasteiger partial charge is 0.476 e. The first-order valence-corrected chi connectivity index (χ1v) is 6.29. The van der Waals surface area contributed by atoms with Crippen molar-refractivity contribution < 1.29 is 9.90 Å². The Bertz CT molecular complexity index is 801. The summed E-state index contributed by atoms with van der Waals surface area (Å²) in [5.74, 6) is -0.698. The fourth-order valence-electron chi connectivity index (χ4n) is 1.97. The summed E-state index contributed by atoms with van der Waals surface area (Å²) in [5, 5.41) is 10.4. The van der Waals surface area contributed by atoms with Gasteiger partial charge >= 0.3 is 5.97 Å². The second-order valence-electron chi connectivity index (χ2n) is 4.23. The first-order chi connectivity index (χ1) is 9.65. The third-order valence-electron chi connectivity index (χ3n) is 2.91. The number of aromatic nitrogens is 2. The second kappa shape index (κ2) is 4.90. The summed E-state index contributed by atoms with van der Waals surface area (Å²) in [4.78, 5) is 19.9. The molecule has 2 aromatic carbocycles. The number of carboxylic acids is 1. The molecule has 0 bridgehead atoms. The van der Waals surface area contributed by atoms with E-state index in [-0.39, 0.29) is 5.69 Å². The van der Waals surface area contributed by atoms with Crippen LogP contribution in [0.5, 0.6) is 0 Å². The third-order valence-corrected chi connectivity index (χ3v) is 3.16. The minimum Gasteiger partial charge on any atom is -0.476 e. The zero-order chi connectivity index (χ0) is 14.1. The van der Waals surface area contributed by atoms with Gasteiger partial charge in [0.25, 0.3) is 0 Å². The monoisotopic (exact) mass is 284 g/mol. The molecule has 98 valence electrons. The Labute approximate surface area is 119 Å². The maximum absolute atomic E-state index is 11.3. The molecular weight excluding hydrogens is 276 g/mol. The van der Waals surface area contributed by atoms with Gasteiger partial charge in [0, 0.05) is 16.0 Å². The highest BCUT2D eigenvalue weighted by Crippen LogP contribution is 2.22. The number of fused-ring (bicyclic) bond motifs is 1. The summed E-state index contributed by atoms with van der Waals surface area (Å²) in [6.07, 6.45) is 0. The van der Waals surface area contributed by atoms with Gasteiger partial charge in [0.15, 0.2) is 11.5 Å². The molecule has 3 rings (SSSR count). The predicted octanol–water partition coefficient (Wildman–Crippen LogP) is 3.65. The summed E-state index contributed by atoms with van der Waals surface area (Å²) in [5.41, 5.74) is 1.33. The predicted molar refractivity (Wildman–Crippen MR) is 76.9 cm³/mol. The maximum Gasteiger partial charge on any atom is 0.355 e. The highest BCUT2D eigenvalue weighted by Gasteiger charge is 2.14. The number of carboxylic acid groups (broad SMARTS) is 1. The summed E-state index contributed by atoms with van der Waals surface area (Å²) >= 11 is 5.84. The van der Waals surface area contributed by atoms with Crippen LogP contribution in [-0.2, 0) is 0 Å². The lowest BCUT2D eigenvalue weighted by molar-refractivity contribution is 0.0693. The molecule has 3 aromatic rings. The van der Waals surface area contributed by atoms with Gasteiger partial charge in [-0.05, 0) is 30.3 Å². The summed E-state index contributed by atoms with van der Waals surface area (Å²) in [6, 6.07) is 14.0. The zero-order valence-corrected chi connectivity index (χ0v) is 11.0. The summed E-state index contributed by atoms with van der Waals surface area (Å²) in [7, 11) is 0. The van der Waals surface area contributed by atoms with Gasteiger partial charge in [-0.25, -0.2) is 14.8 Å². The maximum atomic E-state index is 11.3. The number of aromatic carboxylic acids is 1. The standard InChI is InChI=1S/C15H9ClN2O2/c16-10-7-5-9(6-8-10)14-17-12-4-2-1-3-11(12)13(18-14)15(19)20/h1-8H,(H,19,20). The van der Waals surface area contributed by atoms with Crippen molar-refractivity contribution in [3.63, 3.8) is 0 Å². The average Bonchev–Trinajstić information content (AvgIpc) is 2.46. The highest BCUT2D eigenvalue weighted by molar-refractivity contribution is 6.30. The van der Waals surface area contributed by atoms with E-state index < -0.39 is 5.97 Å². The number of hydrogen-bond donors (Lipinski definition) is 1. The lowest BCUT2D eigenvalue weighted by atomic mass is 10.1. The van der Waals surface area contributed by atoms with E-state index in [1.807, 2.05) is 6.07 Å². The van der Waals surface area contributed by atoms with Crippen LogP contribution >= 0.6 is 11.6 Å². The quantitative estimate of drug-likeness (QED) is 0.780. The van der Waals surface area contributed by atoms with Crippen LogP contribution in [0.3, 0.4) is 0 Å². The Morgan fingerprint density at radius 3 is 2.40 bits per heavy atom. The van der Waals surface area contributed by atoms with E-state index in [1.54, 1.807) is 42.5 Å². The molecule has 1 N–H and O–H groups in total. The molecule has 0 atom stereocenters. The van der Waals surface area contributed by atoms with Gasteiger partial charge < -0.3 is 5.11 Å². The number of halogens is 1. The third kappa shape index (κ3) is 2.21. The van der Waals surface area contributed by atoms with Crippen LogP contribution in [0.25, 0.3) is 22.3 Å². The molecule has 0 spiro atoms. The Kier molecular flexibility index (Phi) is 3.08. The molecule has 1 heterocycles. The van der Waals surface area contributed by atoms with Gasteiger partial charge in [-0.15, -0.1) is 0 Å². The van der Waals surface area contributed by atoms with Crippen LogP contribution < -0.4 is 0 Å². The van der Waals surface area contributed by atoms with Gasteiger partial charge in [-0.1, -0.05) is 29.8 Å². The van der Waals surface area contributed by atoms with E-state index in [9.17, 15) is 9.90 Å². The van der Waals surface area contributed by atoms with Gasteiger partial charge in [0.2, 0.25) is 0 Å². The van der Waals surface area contributed by atoms with E-state index in [0.29, 0.717) is 21.7 Å². The van der Waals surface area contributed by atoms with Crippen LogP contribution in [0.15, 0.2) is 48.5 Å². The van der Waals surface area contributed by atoms with E-state index in [2.05, 4.69) is 9.97 Å². The first-order valence-electron chi connectivity index (χ1n) is 5.91. The fraction of sp³-hybridized carbons (Fsp3) is 0. The molecule has 0 aliphatic rings. The van der Waals surface area contributed by atoms with Gasteiger partial charge in [0.1, 0.15) is 0 Å². The van der Waals surface area contributed by atoms with E-state index >= 15 is 0 Å². The molecule has 0 saturated heterocycles. The molecular formula is C15H9ClN2O2. The fourth-order valence-corrected chi connectivity index (χ4v) is 2.09. The summed E-state index contributed by atoms with van der Waals surface area (Å²) < 4.78 is 0. The Hall–Kier alpha value is -2.46. The van der Waals surface area contributed by atoms with Crippen LogP contribution in [-0.4, -0.2) is 21.0 Å². The second-order valence-corrected chi connectivity index (χ2v) is 4.66. The van der Waals surface area contributed by atoms with Crippen molar-refractivity contribution in [2.45, 2.75) is 0 Å². The van der Waals surface area contributed by atoms with Gasteiger partial charge in [-0.2, -0.15) is 0 Å². The highest BCUT2D eigenvalue weighted by atomic mass is 35.5. The lowest BCUT2D eigenvalue weighted by Gasteiger charge is -2.06. The van der Waals surface area contributed by atoms with Crippen molar-refractivity contribution in [3.05, 3.63) is 59.2 Å².